The fourth-order valence-corrected chi connectivity index (χ4v) is 2.42. The highest BCUT2D eigenvalue weighted by atomic mass is 19.1. The molecule has 0 amide bonds. The van der Waals surface area contributed by atoms with Crippen molar-refractivity contribution in [2.45, 2.75) is 48.5 Å². The first-order chi connectivity index (χ1) is 10.5. The monoisotopic (exact) mass is 298 g/mol. The van der Waals surface area contributed by atoms with Crippen LogP contribution in [0, 0.1) is 26.6 Å². The van der Waals surface area contributed by atoms with Crippen LogP contribution in [0.4, 0.5) is 4.39 Å². The summed E-state index contributed by atoms with van der Waals surface area (Å²) in [6.07, 6.45) is 0. The van der Waals surface area contributed by atoms with Gasteiger partial charge in [-0.2, -0.15) is 0 Å². The zero-order valence-electron chi connectivity index (χ0n) is 14.8. The van der Waals surface area contributed by atoms with Crippen molar-refractivity contribution in [2.75, 3.05) is 0 Å². The fourth-order valence-electron chi connectivity index (χ4n) is 2.42. The molecule has 0 aliphatic carbocycles. The molecule has 0 aromatic heterocycles. The highest BCUT2D eigenvalue weighted by Crippen LogP contribution is 2.27. The first-order valence-corrected chi connectivity index (χ1v) is 8.15. The maximum absolute atomic E-state index is 13.6. The van der Waals surface area contributed by atoms with Gasteiger partial charge in [-0.05, 0) is 83.3 Å². The first-order valence-electron chi connectivity index (χ1n) is 8.15. The summed E-state index contributed by atoms with van der Waals surface area (Å²) in [4.78, 5) is 0. The van der Waals surface area contributed by atoms with E-state index in [-0.39, 0.29) is 5.82 Å². The molecule has 0 atom stereocenters. The van der Waals surface area contributed by atoms with Gasteiger partial charge in [0, 0.05) is 0 Å². The molecule has 1 heteroatoms. The van der Waals surface area contributed by atoms with Crippen molar-refractivity contribution in [1.29, 1.82) is 0 Å². The van der Waals surface area contributed by atoms with E-state index in [0.29, 0.717) is 5.56 Å². The van der Waals surface area contributed by atoms with Gasteiger partial charge < -0.3 is 0 Å². The Bertz CT molecular complexity index is 641. The Kier molecular flexibility index (Phi) is 6.55. The minimum Gasteiger partial charge on any atom is -0.207 e. The largest absolute Gasteiger partial charge is 0.207 e. The number of benzene rings is 3. The molecule has 0 saturated carbocycles. The molecule has 3 aromatic carbocycles. The van der Waals surface area contributed by atoms with Gasteiger partial charge in [-0.1, -0.05) is 39.8 Å². The summed E-state index contributed by atoms with van der Waals surface area (Å²) in [5, 5.41) is 4.46. The maximum Gasteiger partial charge on any atom is 0.126 e. The van der Waals surface area contributed by atoms with Crippen LogP contribution in [0.2, 0.25) is 0 Å². The van der Waals surface area contributed by atoms with Gasteiger partial charge in [-0.15, -0.1) is 0 Å². The van der Waals surface area contributed by atoms with E-state index in [0.717, 1.165) is 10.8 Å². The number of hydrogen-bond acceptors (Lipinski definition) is 0. The van der Waals surface area contributed by atoms with E-state index in [1.54, 1.807) is 13.0 Å². The van der Waals surface area contributed by atoms with Gasteiger partial charge in [-0.25, -0.2) is 4.39 Å². The van der Waals surface area contributed by atoms with Gasteiger partial charge in [0.25, 0.3) is 0 Å². The lowest BCUT2D eigenvalue weighted by Gasteiger charge is -2.07. The van der Waals surface area contributed by atoms with Gasteiger partial charge in [-0.3, -0.25) is 0 Å². The van der Waals surface area contributed by atoms with E-state index < -0.39 is 0 Å². The molecule has 118 valence electrons. The summed E-state index contributed by atoms with van der Waals surface area (Å²) in [6, 6.07) is 12.1. The predicted octanol–water partition coefficient (Wildman–Crippen LogP) is 7.11. The molecule has 0 radical (unpaired) electrons. The molecular weight excluding hydrogens is 271 g/mol. The molecule has 0 saturated heterocycles. The zero-order valence-corrected chi connectivity index (χ0v) is 14.8. The van der Waals surface area contributed by atoms with Crippen LogP contribution in [0.25, 0.3) is 21.5 Å². The molecule has 0 nitrogen and oxygen atoms in total. The lowest BCUT2D eigenvalue weighted by atomic mass is 9.98. The lowest BCUT2D eigenvalue weighted by Crippen LogP contribution is -1.86. The van der Waals surface area contributed by atoms with E-state index in [2.05, 4.69) is 38.1 Å². The van der Waals surface area contributed by atoms with Gasteiger partial charge in [0.1, 0.15) is 5.82 Å². The second kappa shape index (κ2) is 7.93. The minimum absolute atomic E-state index is 0.134. The van der Waals surface area contributed by atoms with E-state index in [1.165, 1.54) is 21.9 Å². The highest BCUT2D eigenvalue weighted by Gasteiger charge is 2.04. The molecule has 0 aliphatic heterocycles. The van der Waals surface area contributed by atoms with Crippen LogP contribution in [-0.4, -0.2) is 0 Å². The number of fused-ring (bicyclic) bond motifs is 2. The molecule has 0 unspecified atom stereocenters. The Morgan fingerprint density at radius 2 is 0.818 bits per heavy atom. The van der Waals surface area contributed by atoms with Crippen molar-refractivity contribution in [1.82, 2.24) is 0 Å². The number of aryl methyl sites for hydroxylation is 3. The summed E-state index contributed by atoms with van der Waals surface area (Å²) in [5.74, 6) is -0.134. The lowest BCUT2D eigenvalue weighted by molar-refractivity contribution is 0.620. The van der Waals surface area contributed by atoms with E-state index >= 15 is 0 Å². The number of hydrogen-bond donors (Lipinski definition) is 0. The molecule has 0 fully saturated rings. The Labute approximate surface area is 134 Å². The normalized spacial score (nSPS) is 9.82. The summed E-state index contributed by atoms with van der Waals surface area (Å²) in [5.41, 5.74) is 3.26. The summed E-state index contributed by atoms with van der Waals surface area (Å²) < 4.78 is 13.6. The SMILES string of the molecule is CC.CC.Cc1cc2cc3cc(C)c(F)cc3cc2cc1C. The van der Waals surface area contributed by atoms with E-state index in [1.807, 2.05) is 33.8 Å². The van der Waals surface area contributed by atoms with Gasteiger partial charge in [0.05, 0.1) is 0 Å². The van der Waals surface area contributed by atoms with E-state index in [9.17, 15) is 4.39 Å². The average molecular weight is 298 g/mol. The Morgan fingerprint density at radius 3 is 1.23 bits per heavy atom. The molecular formula is C21H27F. The summed E-state index contributed by atoms with van der Waals surface area (Å²) in [7, 11) is 0. The smallest absolute Gasteiger partial charge is 0.126 e. The average Bonchev–Trinajstić information content (AvgIpc) is 2.52. The molecule has 0 aliphatic rings. The predicted molar refractivity (Wildman–Crippen MR) is 98.3 cm³/mol. The summed E-state index contributed by atoms with van der Waals surface area (Å²) in [6.45, 7) is 14.0. The third kappa shape index (κ3) is 3.65. The van der Waals surface area contributed by atoms with Crippen LogP contribution in [0.5, 0.6) is 0 Å². The molecule has 0 heterocycles. The maximum atomic E-state index is 13.6. The topological polar surface area (TPSA) is 0 Å². The fraction of sp³-hybridized carbons (Fsp3) is 0.333. The highest BCUT2D eigenvalue weighted by molar-refractivity contribution is 5.99. The Balaban J connectivity index is 0.000000561. The van der Waals surface area contributed by atoms with Gasteiger partial charge in [0.15, 0.2) is 0 Å². The molecule has 0 N–H and O–H groups in total. The second-order valence-electron chi connectivity index (χ2n) is 5.08. The Morgan fingerprint density at radius 1 is 0.500 bits per heavy atom. The van der Waals surface area contributed by atoms with Crippen LogP contribution < -0.4 is 0 Å². The number of halogens is 1. The first kappa shape index (κ1) is 18.2. The van der Waals surface area contributed by atoms with E-state index in [4.69, 9.17) is 0 Å². The van der Waals surface area contributed by atoms with Gasteiger partial charge >= 0.3 is 0 Å². The van der Waals surface area contributed by atoms with Crippen LogP contribution in [-0.2, 0) is 0 Å². The van der Waals surface area contributed by atoms with Crippen molar-refractivity contribution in [3.8, 4) is 0 Å². The standard InChI is InChI=1S/C17H15F.2C2H6/c1-10-4-13-7-15-6-12(3)17(18)9-16(15)8-14(13)5-11(10)2;2*1-2/h4-9H,1-3H3;2*1-2H3. The van der Waals surface area contributed by atoms with Gasteiger partial charge in [0.2, 0.25) is 0 Å². The Hall–Kier alpha value is -1.89. The van der Waals surface area contributed by atoms with Crippen molar-refractivity contribution in [3.05, 3.63) is 58.9 Å². The minimum atomic E-state index is -0.134. The van der Waals surface area contributed by atoms with Crippen molar-refractivity contribution >= 4 is 21.5 Å². The van der Waals surface area contributed by atoms with Crippen molar-refractivity contribution < 1.29 is 4.39 Å². The molecule has 22 heavy (non-hydrogen) atoms. The molecule has 0 bridgehead atoms. The molecule has 0 spiro atoms. The second-order valence-corrected chi connectivity index (χ2v) is 5.08. The molecule has 3 aromatic rings. The van der Waals surface area contributed by atoms with Crippen molar-refractivity contribution in [2.24, 2.45) is 0 Å². The van der Waals surface area contributed by atoms with Crippen LogP contribution in [0.15, 0.2) is 36.4 Å². The quantitative estimate of drug-likeness (QED) is 0.388. The van der Waals surface area contributed by atoms with Crippen LogP contribution in [0.3, 0.4) is 0 Å². The summed E-state index contributed by atoms with van der Waals surface area (Å²) >= 11 is 0. The van der Waals surface area contributed by atoms with Crippen LogP contribution >= 0.6 is 0 Å². The third-order valence-electron chi connectivity index (χ3n) is 3.69. The molecule has 3 rings (SSSR count). The number of rotatable bonds is 0. The van der Waals surface area contributed by atoms with Crippen molar-refractivity contribution in [3.63, 3.8) is 0 Å². The zero-order chi connectivity index (χ0) is 16.9. The van der Waals surface area contributed by atoms with Crippen LogP contribution in [0.1, 0.15) is 44.4 Å². The third-order valence-corrected chi connectivity index (χ3v) is 3.69.